The molecule has 0 unspecified atom stereocenters. The van der Waals surface area contributed by atoms with Gasteiger partial charge in [-0.25, -0.2) is 4.79 Å². The quantitative estimate of drug-likeness (QED) is 0.683. The van der Waals surface area contributed by atoms with Crippen LogP contribution in [0.1, 0.15) is 5.56 Å². The molecule has 21 heavy (non-hydrogen) atoms. The number of nitrogens with two attached hydrogens (primary N) is 1. The predicted molar refractivity (Wildman–Crippen MR) is 76.5 cm³/mol. The third-order valence-electron chi connectivity index (χ3n) is 3.20. The molecule has 3 N–H and O–H groups in total. The highest BCUT2D eigenvalue weighted by Gasteiger charge is 2.09. The Morgan fingerprint density at radius 3 is 2.90 bits per heavy atom. The molecule has 3 rings (SSSR count). The number of H-pyrrole nitrogens is 1. The van der Waals surface area contributed by atoms with Crippen molar-refractivity contribution in [3.63, 3.8) is 0 Å². The van der Waals surface area contributed by atoms with E-state index in [0.29, 0.717) is 16.8 Å². The number of benzene rings is 1. The van der Waals surface area contributed by atoms with Crippen molar-refractivity contribution in [2.45, 2.75) is 6.54 Å². The van der Waals surface area contributed by atoms with E-state index < -0.39 is 17.1 Å². The monoisotopic (exact) mass is 286 g/mol. The summed E-state index contributed by atoms with van der Waals surface area (Å²) in [5.41, 5.74) is 6.08. The number of rotatable bonds is 2. The highest BCUT2D eigenvalue weighted by atomic mass is 19.1. The summed E-state index contributed by atoms with van der Waals surface area (Å²) in [6, 6.07) is 7.00. The van der Waals surface area contributed by atoms with Gasteiger partial charge in [0.25, 0.3) is 5.56 Å². The first-order chi connectivity index (χ1) is 10.1. The van der Waals surface area contributed by atoms with Gasteiger partial charge in [0.05, 0.1) is 18.3 Å². The van der Waals surface area contributed by atoms with E-state index in [9.17, 15) is 14.0 Å². The number of pyridine rings is 1. The lowest BCUT2D eigenvalue weighted by atomic mass is 10.1. The van der Waals surface area contributed by atoms with Crippen molar-refractivity contribution in [3.05, 3.63) is 68.9 Å². The minimum Gasteiger partial charge on any atom is -0.398 e. The number of aromatic nitrogens is 3. The number of halogens is 1. The maximum absolute atomic E-state index is 13.3. The normalized spacial score (nSPS) is 10.9. The van der Waals surface area contributed by atoms with Gasteiger partial charge < -0.3 is 5.73 Å². The van der Waals surface area contributed by atoms with Crippen LogP contribution in [0, 0.1) is 5.82 Å². The molecule has 0 fully saturated rings. The van der Waals surface area contributed by atoms with E-state index in [1.165, 1.54) is 0 Å². The minimum absolute atomic E-state index is 0.0837. The Labute approximate surface area is 117 Å². The van der Waals surface area contributed by atoms with Crippen LogP contribution in [0.3, 0.4) is 0 Å². The molecule has 106 valence electrons. The predicted octanol–water partition coefficient (Wildman–Crippen LogP) is 0.854. The molecule has 0 aliphatic rings. The molecule has 2 aromatic heterocycles. The molecule has 0 spiro atoms. The standard InChI is InChI=1S/C14H11FN4O2/c15-10-7-19(14(21)18-13(10)20)6-8-3-4-11(16)9-2-1-5-17-12(8)9/h1-5,7H,6,16H2,(H,18,20,21). The highest BCUT2D eigenvalue weighted by molar-refractivity contribution is 5.92. The lowest BCUT2D eigenvalue weighted by molar-refractivity contribution is 0.566. The van der Waals surface area contributed by atoms with Crippen molar-refractivity contribution < 1.29 is 4.39 Å². The highest BCUT2D eigenvalue weighted by Crippen LogP contribution is 2.22. The van der Waals surface area contributed by atoms with E-state index >= 15 is 0 Å². The molecular weight excluding hydrogens is 275 g/mol. The zero-order chi connectivity index (χ0) is 15.0. The van der Waals surface area contributed by atoms with Crippen LogP contribution in [-0.2, 0) is 6.54 Å². The molecule has 0 atom stereocenters. The fraction of sp³-hybridized carbons (Fsp3) is 0.0714. The summed E-state index contributed by atoms with van der Waals surface area (Å²) in [7, 11) is 0. The molecule has 0 saturated heterocycles. The Hall–Kier alpha value is -2.96. The molecule has 0 aliphatic heterocycles. The molecule has 0 saturated carbocycles. The van der Waals surface area contributed by atoms with Crippen molar-refractivity contribution >= 4 is 16.6 Å². The van der Waals surface area contributed by atoms with Gasteiger partial charge in [-0.15, -0.1) is 0 Å². The van der Waals surface area contributed by atoms with Gasteiger partial charge in [-0.2, -0.15) is 4.39 Å². The number of hydrogen-bond acceptors (Lipinski definition) is 4. The van der Waals surface area contributed by atoms with E-state index in [1.54, 1.807) is 24.4 Å². The second kappa shape index (κ2) is 4.86. The van der Waals surface area contributed by atoms with Crippen molar-refractivity contribution in [1.29, 1.82) is 0 Å². The van der Waals surface area contributed by atoms with E-state index in [2.05, 4.69) is 4.98 Å². The number of hydrogen-bond donors (Lipinski definition) is 2. The summed E-state index contributed by atoms with van der Waals surface area (Å²) in [5.74, 6) is -1.01. The number of aromatic amines is 1. The Morgan fingerprint density at radius 2 is 2.10 bits per heavy atom. The summed E-state index contributed by atoms with van der Waals surface area (Å²) in [6.45, 7) is 0.0837. The van der Waals surface area contributed by atoms with Gasteiger partial charge in [-0.1, -0.05) is 6.07 Å². The summed E-state index contributed by atoms with van der Waals surface area (Å²) in [6.07, 6.45) is 2.49. The number of nitrogens with zero attached hydrogens (tertiary/aromatic N) is 2. The molecule has 0 amide bonds. The molecule has 6 nitrogen and oxygen atoms in total. The third-order valence-corrected chi connectivity index (χ3v) is 3.20. The van der Waals surface area contributed by atoms with Crippen LogP contribution < -0.4 is 17.0 Å². The fourth-order valence-electron chi connectivity index (χ4n) is 2.16. The topological polar surface area (TPSA) is 93.8 Å². The van der Waals surface area contributed by atoms with Gasteiger partial charge in [0.15, 0.2) is 0 Å². The van der Waals surface area contributed by atoms with Crippen LogP contribution in [0.4, 0.5) is 10.1 Å². The zero-order valence-corrected chi connectivity index (χ0v) is 10.8. The molecule has 0 aliphatic carbocycles. The van der Waals surface area contributed by atoms with Crippen molar-refractivity contribution in [1.82, 2.24) is 14.5 Å². The molecule has 0 radical (unpaired) electrons. The Balaban J connectivity index is 2.15. The third kappa shape index (κ3) is 2.29. The second-order valence-corrected chi connectivity index (χ2v) is 4.58. The van der Waals surface area contributed by atoms with Crippen molar-refractivity contribution in [3.8, 4) is 0 Å². The number of fused-ring (bicyclic) bond motifs is 1. The average molecular weight is 286 g/mol. The van der Waals surface area contributed by atoms with Gasteiger partial charge in [0.1, 0.15) is 0 Å². The van der Waals surface area contributed by atoms with Gasteiger partial charge >= 0.3 is 5.69 Å². The molecule has 7 heteroatoms. The SMILES string of the molecule is Nc1ccc(Cn2cc(F)c(=O)[nH]c2=O)c2ncccc12. The largest absolute Gasteiger partial charge is 0.398 e. The van der Waals surface area contributed by atoms with Crippen LogP contribution in [0.5, 0.6) is 0 Å². The number of anilines is 1. The lowest BCUT2D eigenvalue weighted by Gasteiger charge is -2.09. The van der Waals surface area contributed by atoms with Crippen LogP contribution in [0.15, 0.2) is 46.2 Å². The number of nitrogen functional groups attached to an aromatic ring is 1. The number of nitrogens with one attached hydrogen (secondary N) is 1. The van der Waals surface area contributed by atoms with Crippen LogP contribution >= 0.6 is 0 Å². The summed E-state index contributed by atoms with van der Waals surface area (Å²) in [4.78, 5) is 28.9. The Kier molecular flexibility index (Phi) is 3.02. The van der Waals surface area contributed by atoms with E-state index in [0.717, 1.165) is 16.2 Å². The van der Waals surface area contributed by atoms with E-state index in [1.807, 2.05) is 11.1 Å². The fourth-order valence-corrected chi connectivity index (χ4v) is 2.16. The van der Waals surface area contributed by atoms with Gasteiger partial charge in [-0.05, 0) is 23.8 Å². The average Bonchev–Trinajstić information content (AvgIpc) is 2.48. The van der Waals surface area contributed by atoms with Gasteiger partial charge in [0.2, 0.25) is 5.82 Å². The Morgan fingerprint density at radius 1 is 1.29 bits per heavy atom. The first-order valence-corrected chi connectivity index (χ1v) is 6.17. The summed E-state index contributed by atoms with van der Waals surface area (Å²) < 4.78 is 14.4. The van der Waals surface area contributed by atoms with Crippen LogP contribution in [-0.4, -0.2) is 14.5 Å². The first kappa shape index (κ1) is 13.0. The zero-order valence-electron chi connectivity index (χ0n) is 10.8. The van der Waals surface area contributed by atoms with Gasteiger partial charge in [0, 0.05) is 17.3 Å². The molecular formula is C14H11FN4O2. The van der Waals surface area contributed by atoms with Crippen molar-refractivity contribution in [2.24, 2.45) is 0 Å². The van der Waals surface area contributed by atoms with Crippen LogP contribution in [0.25, 0.3) is 10.9 Å². The smallest absolute Gasteiger partial charge is 0.328 e. The van der Waals surface area contributed by atoms with Gasteiger partial charge in [-0.3, -0.25) is 19.3 Å². The molecule has 0 bridgehead atoms. The summed E-state index contributed by atoms with van der Waals surface area (Å²) >= 11 is 0. The van der Waals surface area contributed by atoms with Crippen LogP contribution in [0.2, 0.25) is 0 Å². The second-order valence-electron chi connectivity index (χ2n) is 4.58. The molecule has 2 heterocycles. The Bertz CT molecular complexity index is 946. The van der Waals surface area contributed by atoms with E-state index in [4.69, 9.17) is 5.73 Å². The van der Waals surface area contributed by atoms with Crippen molar-refractivity contribution in [2.75, 3.05) is 5.73 Å². The maximum Gasteiger partial charge on any atom is 0.328 e. The first-order valence-electron chi connectivity index (χ1n) is 6.17. The summed E-state index contributed by atoms with van der Waals surface area (Å²) in [5, 5.41) is 0.757. The maximum atomic E-state index is 13.3. The lowest BCUT2D eigenvalue weighted by Crippen LogP contribution is -2.31. The minimum atomic E-state index is -1.03. The van der Waals surface area contributed by atoms with E-state index in [-0.39, 0.29) is 6.54 Å². The molecule has 3 aromatic rings. The molecule has 1 aromatic carbocycles.